The van der Waals surface area contributed by atoms with Crippen LogP contribution in [0.5, 0.6) is 0 Å². The number of carbonyl (C=O) groups excluding carboxylic acids is 3. The maximum Gasteiger partial charge on any atom is 0.253 e. The van der Waals surface area contributed by atoms with Crippen LogP contribution in [0.4, 0.5) is 8.78 Å². The zero-order valence-corrected chi connectivity index (χ0v) is 25.0. The van der Waals surface area contributed by atoms with Crippen molar-refractivity contribution in [3.63, 3.8) is 0 Å². The molecule has 0 unspecified atom stereocenters. The molecule has 0 heterocycles. The minimum atomic E-state index is -1.15. The first kappa shape index (κ1) is 33.4. The van der Waals surface area contributed by atoms with Crippen molar-refractivity contribution in [1.29, 1.82) is 0 Å². The Kier molecular flexibility index (Phi) is 12.8. The van der Waals surface area contributed by atoms with Crippen molar-refractivity contribution >= 4 is 17.7 Å². The summed E-state index contributed by atoms with van der Waals surface area (Å²) in [6, 6.07) is 16.2. The molecular weight excluding hydrogens is 552 g/mol. The van der Waals surface area contributed by atoms with Crippen molar-refractivity contribution in [2.75, 3.05) is 19.6 Å². The van der Waals surface area contributed by atoms with Gasteiger partial charge in [0.1, 0.15) is 11.6 Å². The molecule has 0 saturated carbocycles. The first-order chi connectivity index (χ1) is 20.6. The summed E-state index contributed by atoms with van der Waals surface area (Å²) >= 11 is 0. The largest absolute Gasteiger partial charge is 0.391 e. The molecule has 230 valence electrons. The van der Waals surface area contributed by atoms with Crippen molar-refractivity contribution < 1.29 is 28.3 Å². The highest BCUT2D eigenvalue weighted by Gasteiger charge is 2.24. The Bertz CT molecular complexity index is 1360. The summed E-state index contributed by atoms with van der Waals surface area (Å²) in [5.74, 6) is -2.46. The van der Waals surface area contributed by atoms with E-state index in [0.717, 1.165) is 42.2 Å². The van der Waals surface area contributed by atoms with Crippen molar-refractivity contribution in [1.82, 2.24) is 15.5 Å². The van der Waals surface area contributed by atoms with E-state index < -0.39 is 29.7 Å². The molecule has 0 spiro atoms. The smallest absolute Gasteiger partial charge is 0.253 e. The van der Waals surface area contributed by atoms with Gasteiger partial charge >= 0.3 is 0 Å². The third-order valence-electron chi connectivity index (χ3n) is 6.99. The topological polar surface area (TPSA) is 98.7 Å². The van der Waals surface area contributed by atoms with Gasteiger partial charge in [0.25, 0.3) is 11.8 Å². The molecule has 3 rings (SSSR count). The molecule has 9 heteroatoms. The lowest BCUT2D eigenvalue weighted by Gasteiger charge is -2.25. The maximum atomic E-state index is 13.9. The Hall–Kier alpha value is -4.11. The number of hydrogen-bond acceptors (Lipinski definition) is 4. The fourth-order valence-electron chi connectivity index (χ4n) is 5.00. The average Bonchev–Trinajstić information content (AvgIpc) is 2.96. The summed E-state index contributed by atoms with van der Waals surface area (Å²) in [6.45, 7) is 7.11. The molecule has 7 nitrogen and oxygen atoms in total. The molecule has 0 saturated heterocycles. The minimum Gasteiger partial charge on any atom is -0.391 e. The summed E-state index contributed by atoms with van der Waals surface area (Å²) in [4.78, 5) is 40.8. The van der Waals surface area contributed by atoms with Crippen LogP contribution in [0, 0.1) is 18.6 Å². The Morgan fingerprint density at radius 3 is 2.12 bits per heavy atom. The van der Waals surface area contributed by atoms with Gasteiger partial charge in [0.2, 0.25) is 5.91 Å². The van der Waals surface area contributed by atoms with Crippen molar-refractivity contribution in [3.8, 4) is 0 Å². The molecule has 0 bridgehead atoms. The van der Waals surface area contributed by atoms with E-state index in [1.807, 2.05) is 44.2 Å². The second kappa shape index (κ2) is 16.5. The van der Waals surface area contributed by atoms with Gasteiger partial charge in [-0.2, -0.15) is 0 Å². The van der Waals surface area contributed by atoms with Gasteiger partial charge in [-0.25, -0.2) is 8.78 Å². The van der Waals surface area contributed by atoms with E-state index in [1.165, 1.54) is 6.07 Å². The summed E-state index contributed by atoms with van der Waals surface area (Å²) < 4.78 is 27.9. The second-order valence-corrected chi connectivity index (χ2v) is 10.8. The number of aliphatic hydroxyl groups excluding tert-OH is 1. The zero-order chi connectivity index (χ0) is 31.4. The van der Waals surface area contributed by atoms with E-state index in [4.69, 9.17) is 0 Å². The molecule has 3 amide bonds. The first-order valence-corrected chi connectivity index (χ1v) is 14.7. The minimum absolute atomic E-state index is 0.0576. The van der Waals surface area contributed by atoms with Crippen molar-refractivity contribution in [2.45, 2.75) is 65.0 Å². The number of amides is 3. The number of hydrogen-bond donors (Lipinski definition) is 3. The van der Waals surface area contributed by atoms with Gasteiger partial charge in [0, 0.05) is 36.8 Å². The predicted octanol–water partition coefficient (Wildman–Crippen LogP) is 4.99. The molecule has 0 aliphatic carbocycles. The van der Waals surface area contributed by atoms with Gasteiger partial charge in [-0.1, -0.05) is 44.2 Å². The Morgan fingerprint density at radius 1 is 0.860 bits per heavy atom. The van der Waals surface area contributed by atoms with E-state index >= 15 is 0 Å². The van der Waals surface area contributed by atoms with Gasteiger partial charge < -0.3 is 20.6 Å². The van der Waals surface area contributed by atoms with Crippen LogP contribution in [0.3, 0.4) is 0 Å². The maximum absolute atomic E-state index is 13.9. The number of rotatable bonds is 15. The van der Waals surface area contributed by atoms with Crippen LogP contribution in [-0.4, -0.2) is 59.5 Å². The van der Waals surface area contributed by atoms with E-state index in [2.05, 4.69) is 10.6 Å². The molecule has 0 radical (unpaired) electrons. The van der Waals surface area contributed by atoms with Gasteiger partial charge in [-0.3, -0.25) is 14.4 Å². The van der Waals surface area contributed by atoms with Gasteiger partial charge in [-0.15, -0.1) is 0 Å². The lowest BCUT2D eigenvalue weighted by atomic mass is 9.97. The molecule has 2 atom stereocenters. The van der Waals surface area contributed by atoms with Crippen molar-refractivity contribution in [2.24, 2.45) is 0 Å². The van der Waals surface area contributed by atoms with Crippen LogP contribution in [0.15, 0.2) is 66.7 Å². The summed E-state index contributed by atoms with van der Waals surface area (Å²) in [6.07, 6.45) is 0.669. The van der Waals surface area contributed by atoms with Crippen LogP contribution in [0.25, 0.3) is 0 Å². The normalized spacial score (nSPS) is 12.3. The molecule has 0 aliphatic rings. The zero-order valence-electron chi connectivity index (χ0n) is 25.0. The van der Waals surface area contributed by atoms with E-state index in [1.54, 1.807) is 24.0 Å². The van der Waals surface area contributed by atoms with Crippen LogP contribution in [0.1, 0.15) is 70.5 Å². The fourth-order valence-corrected chi connectivity index (χ4v) is 5.00. The molecule has 3 aromatic rings. The highest BCUT2D eigenvalue weighted by Crippen LogP contribution is 2.17. The standard InChI is InChI=1S/C34H41F2N3O4/c1-4-13-39(14-5-2)34(43)27-16-23(3)15-26(21-27)33(42)38-30(19-25-17-28(35)22-29(36)18-25)31(40)11-12-37-32(41)20-24-9-7-6-8-10-24/h6-10,15-18,21-22,30-31,40H,4-5,11-14,19-20H2,1-3H3,(H,37,41)(H,38,42)/t30-,31+/m0/s1. The van der Waals surface area contributed by atoms with Crippen LogP contribution in [0.2, 0.25) is 0 Å². The highest BCUT2D eigenvalue weighted by atomic mass is 19.1. The molecule has 43 heavy (non-hydrogen) atoms. The molecule has 0 aromatic heterocycles. The van der Waals surface area contributed by atoms with Gasteiger partial charge in [-0.05, 0) is 79.6 Å². The van der Waals surface area contributed by atoms with Crippen LogP contribution >= 0.6 is 0 Å². The molecule has 3 aromatic carbocycles. The summed E-state index contributed by atoms with van der Waals surface area (Å²) in [7, 11) is 0. The van der Waals surface area contributed by atoms with E-state index in [9.17, 15) is 28.3 Å². The summed E-state index contributed by atoms with van der Waals surface area (Å²) in [5.41, 5.74) is 2.44. The summed E-state index contributed by atoms with van der Waals surface area (Å²) in [5, 5.41) is 16.6. The monoisotopic (exact) mass is 593 g/mol. The third kappa shape index (κ3) is 10.6. The van der Waals surface area contributed by atoms with E-state index in [-0.39, 0.29) is 48.7 Å². The lowest BCUT2D eigenvalue weighted by Crippen LogP contribution is -2.46. The SMILES string of the molecule is CCCN(CCC)C(=O)c1cc(C)cc(C(=O)N[C@@H](Cc2cc(F)cc(F)c2)[C@H](O)CCNC(=O)Cc2ccccc2)c1. The third-order valence-corrected chi connectivity index (χ3v) is 6.99. The Morgan fingerprint density at radius 2 is 1.49 bits per heavy atom. The highest BCUT2D eigenvalue weighted by molar-refractivity contribution is 6.00. The van der Waals surface area contributed by atoms with Crippen LogP contribution in [-0.2, 0) is 17.6 Å². The van der Waals surface area contributed by atoms with Gasteiger partial charge in [0.15, 0.2) is 0 Å². The van der Waals surface area contributed by atoms with Crippen LogP contribution < -0.4 is 10.6 Å². The Balaban J connectivity index is 1.76. The molecular formula is C34H41F2N3O4. The molecule has 0 fully saturated rings. The fraction of sp³-hybridized carbons (Fsp3) is 0.382. The quantitative estimate of drug-likeness (QED) is 0.231. The first-order valence-electron chi connectivity index (χ1n) is 14.7. The number of halogens is 2. The number of aryl methyl sites for hydroxylation is 1. The van der Waals surface area contributed by atoms with Crippen molar-refractivity contribution in [3.05, 3.63) is 106 Å². The number of aliphatic hydroxyl groups is 1. The predicted molar refractivity (Wildman–Crippen MR) is 163 cm³/mol. The van der Waals surface area contributed by atoms with Gasteiger partial charge in [0.05, 0.1) is 18.6 Å². The van der Waals surface area contributed by atoms with E-state index in [0.29, 0.717) is 18.7 Å². The number of carbonyl (C=O) groups is 3. The number of nitrogens with zero attached hydrogens (tertiary/aromatic N) is 1. The lowest BCUT2D eigenvalue weighted by molar-refractivity contribution is -0.120. The molecule has 0 aliphatic heterocycles. The number of nitrogens with one attached hydrogen (secondary N) is 2. The Labute approximate surface area is 252 Å². The molecule has 3 N–H and O–H groups in total. The average molecular weight is 594 g/mol. The number of benzene rings is 3. The second-order valence-electron chi connectivity index (χ2n) is 10.8.